The minimum absolute atomic E-state index is 0.0515. The summed E-state index contributed by atoms with van der Waals surface area (Å²) in [5, 5.41) is 3.84. The molecule has 9 heteroatoms. The van der Waals surface area contributed by atoms with Crippen LogP contribution in [0.3, 0.4) is 0 Å². The highest BCUT2D eigenvalue weighted by Gasteiger charge is 2.27. The van der Waals surface area contributed by atoms with Crippen LogP contribution in [0.25, 0.3) is 16.8 Å². The van der Waals surface area contributed by atoms with Crippen LogP contribution in [0.5, 0.6) is 0 Å². The third kappa shape index (κ3) is 5.30. The number of thiazole rings is 1. The number of nitrogens with zero attached hydrogens (tertiary/aromatic N) is 3. The SMILES string of the molecule is Cc1ccc(-c2nc(CC(=O)N3CCN(S(=O)(=O)/C=C/c4ccccc4)CC3)cs2)o1. The average Bonchev–Trinajstić information content (AvgIpc) is 3.42. The third-order valence-electron chi connectivity index (χ3n) is 5.02. The number of hydrogen-bond acceptors (Lipinski definition) is 6. The maximum absolute atomic E-state index is 12.7. The molecule has 3 heterocycles. The van der Waals surface area contributed by atoms with Gasteiger partial charge in [-0.15, -0.1) is 11.3 Å². The molecule has 31 heavy (non-hydrogen) atoms. The summed E-state index contributed by atoms with van der Waals surface area (Å²) in [7, 11) is -3.52. The predicted octanol–water partition coefficient (Wildman–Crippen LogP) is 3.40. The summed E-state index contributed by atoms with van der Waals surface area (Å²) in [5.74, 6) is 1.46. The maximum atomic E-state index is 12.7. The van der Waals surface area contributed by atoms with E-state index in [1.165, 1.54) is 21.1 Å². The number of hydrogen-bond donors (Lipinski definition) is 0. The molecule has 0 bridgehead atoms. The van der Waals surface area contributed by atoms with Crippen LogP contribution in [-0.2, 0) is 21.2 Å². The van der Waals surface area contributed by atoms with E-state index in [0.717, 1.165) is 16.3 Å². The number of piperazine rings is 1. The molecule has 0 saturated carbocycles. The second kappa shape index (κ2) is 9.17. The van der Waals surface area contributed by atoms with Gasteiger partial charge in [-0.3, -0.25) is 4.79 Å². The summed E-state index contributed by atoms with van der Waals surface area (Å²) in [6, 6.07) is 13.0. The molecule has 0 N–H and O–H groups in total. The number of carbonyl (C=O) groups excluding carboxylic acids is 1. The molecule has 0 atom stereocenters. The van der Waals surface area contributed by atoms with Crippen molar-refractivity contribution in [2.45, 2.75) is 13.3 Å². The van der Waals surface area contributed by atoms with Crippen molar-refractivity contribution in [3.8, 4) is 10.8 Å². The van der Waals surface area contributed by atoms with Crippen LogP contribution in [0.15, 0.2) is 57.7 Å². The smallest absolute Gasteiger partial charge is 0.236 e. The number of aryl methyl sites for hydroxylation is 1. The van der Waals surface area contributed by atoms with Gasteiger partial charge in [0.2, 0.25) is 15.9 Å². The van der Waals surface area contributed by atoms with Gasteiger partial charge >= 0.3 is 0 Å². The Morgan fingerprint density at radius 3 is 2.55 bits per heavy atom. The number of aromatic nitrogens is 1. The first-order chi connectivity index (χ1) is 14.9. The standard InChI is InChI=1S/C22H23N3O4S2/c1-17-7-8-20(29-17)22-23-19(16-30-22)15-21(26)24-10-12-25(13-11-24)31(27,28)14-9-18-5-3-2-4-6-18/h2-9,14,16H,10-13,15H2,1H3/b14-9+. The molecule has 1 aliphatic rings. The molecule has 2 aromatic heterocycles. The lowest BCUT2D eigenvalue weighted by Crippen LogP contribution is -2.50. The van der Waals surface area contributed by atoms with Crippen LogP contribution >= 0.6 is 11.3 Å². The van der Waals surface area contributed by atoms with Gasteiger partial charge in [0, 0.05) is 37.0 Å². The van der Waals surface area contributed by atoms with Gasteiger partial charge in [0.15, 0.2) is 10.8 Å². The minimum Gasteiger partial charge on any atom is -0.459 e. The zero-order valence-corrected chi connectivity index (χ0v) is 18.7. The maximum Gasteiger partial charge on any atom is 0.236 e. The molecule has 1 amide bonds. The van der Waals surface area contributed by atoms with Crippen molar-refractivity contribution >= 4 is 33.3 Å². The first kappa shape index (κ1) is 21.5. The molecule has 0 radical (unpaired) electrons. The van der Waals surface area contributed by atoms with E-state index in [9.17, 15) is 13.2 Å². The molecule has 162 valence electrons. The van der Waals surface area contributed by atoms with Gasteiger partial charge in [-0.25, -0.2) is 13.4 Å². The van der Waals surface area contributed by atoms with Crippen molar-refractivity contribution in [1.29, 1.82) is 0 Å². The van der Waals surface area contributed by atoms with Crippen molar-refractivity contribution in [2.75, 3.05) is 26.2 Å². The van der Waals surface area contributed by atoms with E-state index in [1.54, 1.807) is 11.0 Å². The molecule has 0 aliphatic carbocycles. The highest BCUT2D eigenvalue weighted by atomic mass is 32.2. The van der Waals surface area contributed by atoms with Crippen LogP contribution < -0.4 is 0 Å². The fourth-order valence-electron chi connectivity index (χ4n) is 3.32. The molecule has 3 aromatic rings. The highest BCUT2D eigenvalue weighted by Crippen LogP contribution is 2.26. The van der Waals surface area contributed by atoms with E-state index < -0.39 is 10.0 Å². The Balaban J connectivity index is 1.32. The molecular formula is C22H23N3O4S2. The lowest BCUT2D eigenvalue weighted by molar-refractivity contribution is -0.131. The Hall–Kier alpha value is -2.75. The second-order valence-corrected chi connectivity index (χ2v) is 9.95. The van der Waals surface area contributed by atoms with E-state index in [4.69, 9.17) is 4.42 Å². The minimum atomic E-state index is -3.52. The van der Waals surface area contributed by atoms with Gasteiger partial charge in [0.05, 0.1) is 12.1 Å². The summed E-state index contributed by atoms with van der Waals surface area (Å²) in [4.78, 5) is 18.9. The Morgan fingerprint density at radius 1 is 1.13 bits per heavy atom. The zero-order chi connectivity index (χ0) is 21.8. The summed E-state index contributed by atoms with van der Waals surface area (Å²) in [6.45, 7) is 3.17. The van der Waals surface area contributed by atoms with E-state index in [-0.39, 0.29) is 25.4 Å². The number of benzene rings is 1. The number of sulfonamides is 1. The Labute approximate surface area is 185 Å². The fraction of sp³-hybridized carbons (Fsp3) is 0.273. The van der Waals surface area contributed by atoms with Crippen molar-refractivity contribution in [3.05, 3.63) is 70.3 Å². The first-order valence-corrected chi connectivity index (χ1v) is 12.3. The molecule has 1 fully saturated rings. The Morgan fingerprint density at radius 2 is 1.87 bits per heavy atom. The number of rotatable bonds is 6. The highest BCUT2D eigenvalue weighted by molar-refractivity contribution is 7.92. The van der Waals surface area contributed by atoms with Crippen LogP contribution in [0.2, 0.25) is 0 Å². The lowest BCUT2D eigenvalue weighted by Gasteiger charge is -2.33. The van der Waals surface area contributed by atoms with Crippen LogP contribution in [-0.4, -0.2) is 54.7 Å². The summed E-state index contributed by atoms with van der Waals surface area (Å²) in [6.07, 6.45) is 1.78. The molecule has 1 aromatic carbocycles. The monoisotopic (exact) mass is 457 g/mol. The summed E-state index contributed by atoms with van der Waals surface area (Å²) < 4.78 is 32.2. The van der Waals surface area contributed by atoms with Crippen LogP contribution in [0.1, 0.15) is 17.0 Å². The summed E-state index contributed by atoms with van der Waals surface area (Å²) >= 11 is 1.44. The normalized spacial score (nSPS) is 15.6. The topological polar surface area (TPSA) is 83.7 Å². The lowest BCUT2D eigenvalue weighted by atomic mass is 10.2. The van der Waals surface area contributed by atoms with Crippen LogP contribution in [0, 0.1) is 6.92 Å². The van der Waals surface area contributed by atoms with Crippen molar-refractivity contribution in [3.63, 3.8) is 0 Å². The van der Waals surface area contributed by atoms with E-state index >= 15 is 0 Å². The molecular weight excluding hydrogens is 434 g/mol. The largest absolute Gasteiger partial charge is 0.459 e. The van der Waals surface area contributed by atoms with Gasteiger partial charge in [0.25, 0.3) is 0 Å². The van der Waals surface area contributed by atoms with Gasteiger partial charge in [-0.1, -0.05) is 30.3 Å². The average molecular weight is 458 g/mol. The number of furan rings is 1. The van der Waals surface area contributed by atoms with Crippen molar-refractivity contribution in [1.82, 2.24) is 14.2 Å². The quantitative estimate of drug-likeness (QED) is 0.567. The molecule has 1 aliphatic heterocycles. The van der Waals surface area contributed by atoms with Crippen LogP contribution in [0.4, 0.5) is 0 Å². The molecule has 1 saturated heterocycles. The molecule has 0 spiro atoms. The summed E-state index contributed by atoms with van der Waals surface area (Å²) in [5.41, 5.74) is 1.52. The van der Waals surface area contributed by atoms with Gasteiger partial charge < -0.3 is 9.32 Å². The first-order valence-electron chi connectivity index (χ1n) is 9.93. The molecule has 4 rings (SSSR count). The zero-order valence-electron chi connectivity index (χ0n) is 17.1. The van der Waals surface area contributed by atoms with Crippen molar-refractivity contribution < 1.29 is 17.6 Å². The molecule has 7 nitrogen and oxygen atoms in total. The number of carbonyl (C=O) groups is 1. The van der Waals surface area contributed by atoms with Crippen molar-refractivity contribution in [2.24, 2.45) is 0 Å². The molecule has 0 unspecified atom stereocenters. The second-order valence-electron chi connectivity index (χ2n) is 7.27. The third-order valence-corrected chi connectivity index (χ3v) is 7.49. The van der Waals surface area contributed by atoms with E-state index in [2.05, 4.69) is 4.98 Å². The van der Waals surface area contributed by atoms with E-state index in [0.29, 0.717) is 24.5 Å². The fourth-order valence-corrected chi connectivity index (χ4v) is 5.28. The van der Waals surface area contributed by atoms with E-state index in [1.807, 2.05) is 54.8 Å². The number of amides is 1. The Kier molecular flexibility index (Phi) is 6.35. The predicted molar refractivity (Wildman–Crippen MR) is 121 cm³/mol. The van der Waals surface area contributed by atoms with Gasteiger partial charge in [-0.05, 0) is 30.7 Å². The Bertz CT molecular complexity index is 1170. The van der Waals surface area contributed by atoms with Gasteiger partial charge in [-0.2, -0.15) is 4.31 Å². The van der Waals surface area contributed by atoms with Gasteiger partial charge in [0.1, 0.15) is 5.76 Å².